The Hall–Kier alpha value is -1.75. The van der Waals surface area contributed by atoms with Crippen molar-refractivity contribution in [3.05, 3.63) is 34.9 Å². The van der Waals surface area contributed by atoms with Gasteiger partial charge in [-0.2, -0.15) is 0 Å². The number of carbonyl (C=O) groups excluding carboxylic acids is 1. The maximum Gasteiger partial charge on any atom is 0.407 e. The molecule has 6 heteroatoms. The van der Waals surface area contributed by atoms with Gasteiger partial charge in [-0.25, -0.2) is 4.79 Å². The fraction of sp³-hybridized carbons (Fsp3) is 0.500. The highest BCUT2D eigenvalue weighted by molar-refractivity contribution is 6.31. The molecule has 2 N–H and O–H groups in total. The lowest BCUT2D eigenvalue weighted by Gasteiger charge is -2.34. The van der Waals surface area contributed by atoms with E-state index in [9.17, 15) is 9.59 Å². The number of nitrogens with one attached hydrogen (secondary N) is 1. The van der Waals surface area contributed by atoms with Crippen molar-refractivity contribution < 1.29 is 14.7 Å². The Balaban J connectivity index is 2.07. The van der Waals surface area contributed by atoms with Crippen molar-refractivity contribution >= 4 is 23.6 Å². The van der Waals surface area contributed by atoms with E-state index in [0.29, 0.717) is 24.4 Å². The average Bonchev–Trinajstić information content (AvgIpc) is 2.47. The molecule has 1 aromatic rings. The van der Waals surface area contributed by atoms with Crippen LogP contribution in [0.25, 0.3) is 0 Å². The number of benzene rings is 1. The van der Waals surface area contributed by atoms with Crippen molar-refractivity contribution in [1.29, 1.82) is 0 Å². The van der Waals surface area contributed by atoms with Crippen LogP contribution in [0.2, 0.25) is 5.02 Å². The first-order valence-electron chi connectivity index (χ1n) is 7.36. The molecule has 0 spiro atoms. The third-order valence-corrected chi connectivity index (χ3v) is 4.38. The summed E-state index contributed by atoms with van der Waals surface area (Å²) in [5, 5.41) is 12.7. The molecule has 1 atom stereocenters. The number of carbonyl (C=O) groups is 2. The first-order chi connectivity index (χ1) is 10.3. The van der Waals surface area contributed by atoms with E-state index in [-0.39, 0.29) is 18.4 Å². The average molecular weight is 325 g/mol. The molecule has 1 fully saturated rings. The molecule has 1 aliphatic heterocycles. The Morgan fingerprint density at radius 1 is 1.36 bits per heavy atom. The van der Waals surface area contributed by atoms with E-state index in [4.69, 9.17) is 16.7 Å². The number of hydrogen-bond acceptors (Lipinski definition) is 2. The number of nitrogens with zero attached hydrogens (tertiary/aromatic N) is 1. The van der Waals surface area contributed by atoms with Crippen molar-refractivity contribution in [2.75, 3.05) is 13.1 Å². The van der Waals surface area contributed by atoms with Crippen LogP contribution in [0, 0.1) is 5.92 Å². The summed E-state index contributed by atoms with van der Waals surface area (Å²) in [6, 6.07) is 7.39. The summed E-state index contributed by atoms with van der Waals surface area (Å²) >= 11 is 6.21. The van der Waals surface area contributed by atoms with E-state index in [0.717, 1.165) is 5.56 Å². The number of amides is 2. The molecule has 1 heterocycles. The Bertz CT molecular complexity index is 574. The van der Waals surface area contributed by atoms with Gasteiger partial charge >= 0.3 is 6.09 Å². The molecule has 1 aliphatic rings. The molecule has 2 amide bonds. The van der Waals surface area contributed by atoms with E-state index in [1.807, 2.05) is 32.0 Å². The third-order valence-electron chi connectivity index (χ3n) is 4.05. The zero-order valence-electron chi connectivity index (χ0n) is 12.8. The van der Waals surface area contributed by atoms with Crippen LogP contribution in [-0.4, -0.2) is 35.1 Å². The minimum Gasteiger partial charge on any atom is -0.465 e. The van der Waals surface area contributed by atoms with Crippen LogP contribution in [0.3, 0.4) is 0 Å². The van der Waals surface area contributed by atoms with E-state index in [1.54, 1.807) is 6.07 Å². The van der Waals surface area contributed by atoms with Gasteiger partial charge in [-0.15, -0.1) is 0 Å². The van der Waals surface area contributed by atoms with Crippen LogP contribution in [0.5, 0.6) is 0 Å². The summed E-state index contributed by atoms with van der Waals surface area (Å²) in [6.45, 7) is 4.53. The van der Waals surface area contributed by atoms with Crippen molar-refractivity contribution in [3.63, 3.8) is 0 Å². The van der Waals surface area contributed by atoms with Gasteiger partial charge in [0.05, 0.1) is 11.5 Å². The van der Waals surface area contributed by atoms with Gasteiger partial charge in [0.1, 0.15) is 0 Å². The molecule has 0 aliphatic carbocycles. The van der Waals surface area contributed by atoms with E-state index >= 15 is 0 Å². The van der Waals surface area contributed by atoms with Gasteiger partial charge in [-0.05, 0) is 38.3 Å². The van der Waals surface area contributed by atoms with Gasteiger partial charge < -0.3 is 15.3 Å². The zero-order chi connectivity index (χ0) is 16.3. The topological polar surface area (TPSA) is 69.6 Å². The molecule has 1 saturated heterocycles. The lowest BCUT2D eigenvalue weighted by molar-refractivity contribution is -0.128. The van der Waals surface area contributed by atoms with Gasteiger partial charge in [0.15, 0.2) is 0 Å². The summed E-state index contributed by atoms with van der Waals surface area (Å²) in [6.07, 6.45) is 0.438. The predicted octanol–water partition coefficient (Wildman–Crippen LogP) is 3.08. The monoisotopic (exact) mass is 324 g/mol. The SMILES string of the molecule is CC(C)(NC(=O)[C@H]1CCCN(C(=O)O)C1)c1ccccc1Cl. The molecule has 5 nitrogen and oxygen atoms in total. The first kappa shape index (κ1) is 16.6. The fourth-order valence-electron chi connectivity index (χ4n) is 2.81. The number of carboxylic acid groups (broad SMARTS) is 1. The molecule has 0 saturated carbocycles. The van der Waals surface area contributed by atoms with Gasteiger partial charge in [-0.3, -0.25) is 4.79 Å². The van der Waals surface area contributed by atoms with Gasteiger partial charge in [0.25, 0.3) is 0 Å². The maximum atomic E-state index is 12.5. The third kappa shape index (κ3) is 3.71. The molecule has 1 aromatic carbocycles. The molecule has 0 unspecified atom stereocenters. The van der Waals surface area contributed by atoms with Crippen LogP contribution < -0.4 is 5.32 Å². The zero-order valence-corrected chi connectivity index (χ0v) is 13.6. The predicted molar refractivity (Wildman–Crippen MR) is 84.9 cm³/mol. The lowest BCUT2D eigenvalue weighted by atomic mass is 9.91. The Kier molecular flexibility index (Phi) is 4.96. The normalized spacial score (nSPS) is 18.9. The van der Waals surface area contributed by atoms with Crippen LogP contribution in [-0.2, 0) is 10.3 Å². The second-order valence-corrected chi connectivity index (χ2v) is 6.57. The lowest BCUT2D eigenvalue weighted by Crippen LogP contribution is -2.49. The molecule has 0 aromatic heterocycles. The standard InChI is InChI=1S/C16H21ClN2O3/c1-16(2,12-7-3-4-8-13(12)17)18-14(20)11-6-5-9-19(10-11)15(21)22/h3-4,7-8,11H,5-6,9-10H2,1-2H3,(H,18,20)(H,21,22)/t11-/m0/s1. The van der Waals surface area contributed by atoms with Crippen molar-refractivity contribution in [2.45, 2.75) is 32.2 Å². The summed E-state index contributed by atoms with van der Waals surface area (Å²) in [7, 11) is 0. The molecule has 0 bridgehead atoms. The van der Waals surface area contributed by atoms with Crippen molar-refractivity contribution in [2.24, 2.45) is 5.92 Å². The quantitative estimate of drug-likeness (QED) is 0.897. The van der Waals surface area contributed by atoms with Crippen molar-refractivity contribution in [3.8, 4) is 0 Å². The molecular weight excluding hydrogens is 304 g/mol. The highest BCUT2D eigenvalue weighted by Crippen LogP contribution is 2.28. The Morgan fingerprint density at radius 3 is 2.68 bits per heavy atom. The minimum absolute atomic E-state index is 0.129. The Labute approximate surface area is 135 Å². The van der Waals surface area contributed by atoms with E-state index in [2.05, 4.69) is 5.32 Å². The highest BCUT2D eigenvalue weighted by Gasteiger charge is 2.32. The first-order valence-corrected chi connectivity index (χ1v) is 7.74. The number of rotatable bonds is 3. The number of halogens is 1. The molecule has 22 heavy (non-hydrogen) atoms. The summed E-state index contributed by atoms with van der Waals surface area (Å²) in [4.78, 5) is 24.8. The van der Waals surface area contributed by atoms with Crippen LogP contribution >= 0.6 is 11.6 Å². The maximum absolute atomic E-state index is 12.5. The summed E-state index contributed by atoms with van der Waals surface area (Å²) < 4.78 is 0. The fourth-order valence-corrected chi connectivity index (χ4v) is 3.18. The molecule has 120 valence electrons. The van der Waals surface area contributed by atoms with Crippen LogP contribution in [0.1, 0.15) is 32.3 Å². The molecule has 2 rings (SSSR count). The molecular formula is C16H21ClN2O3. The summed E-state index contributed by atoms with van der Waals surface area (Å²) in [5.41, 5.74) is 0.233. The van der Waals surface area contributed by atoms with Crippen molar-refractivity contribution in [1.82, 2.24) is 10.2 Å². The number of likely N-dealkylation sites (tertiary alicyclic amines) is 1. The van der Waals surface area contributed by atoms with E-state index in [1.165, 1.54) is 4.90 Å². The minimum atomic E-state index is -0.970. The van der Waals surface area contributed by atoms with Crippen LogP contribution in [0.4, 0.5) is 4.79 Å². The second kappa shape index (κ2) is 6.57. The Morgan fingerprint density at radius 2 is 2.05 bits per heavy atom. The largest absolute Gasteiger partial charge is 0.465 e. The summed E-state index contributed by atoms with van der Waals surface area (Å²) in [5.74, 6) is -0.442. The van der Waals surface area contributed by atoms with Gasteiger partial charge in [0, 0.05) is 18.1 Å². The molecule has 0 radical (unpaired) electrons. The van der Waals surface area contributed by atoms with Gasteiger partial charge in [0.2, 0.25) is 5.91 Å². The van der Waals surface area contributed by atoms with E-state index < -0.39 is 11.6 Å². The number of piperidine rings is 1. The van der Waals surface area contributed by atoms with Gasteiger partial charge in [-0.1, -0.05) is 29.8 Å². The highest BCUT2D eigenvalue weighted by atomic mass is 35.5. The van der Waals surface area contributed by atoms with Crippen LogP contribution in [0.15, 0.2) is 24.3 Å². The second-order valence-electron chi connectivity index (χ2n) is 6.16. The number of hydrogen-bond donors (Lipinski definition) is 2. The smallest absolute Gasteiger partial charge is 0.407 e.